The van der Waals surface area contributed by atoms with Crippen LogP contribution in [0.3, 0.4) is 0 Å². The third-order valence-electron chi connectivity index (χ3n) is 13.7. The molecule has 6 aliphatic rings. The van der Waals surface area contributed by atoms with Gasteiger partial charge in [-0.25, -0.2) is 0 Å². The largest absolute Gasteiger partial charge is 1.00 e. The maximum absolute atomic E-state index is 13.1. The third kappa shape index (κ3) is 41.2. The molecule has 2 aromatic carbocycles. The molecule has 29 heteroatoms. The first-order chi connectivity index (χ1) is 38.0. The van der Waals surface area contributed by atoms with Gasteiger partial charge in [0, 0.05) is 39.3 Å². The Labute approximate surface area is 563 Å². The first kappa shape index (κ1) is 78.3. The summed E-state index contributed by atoms with van der Waals surface area (Å²) in [6.45, 7) is 27.3. The molecule has 0 unspecified atom stereocenters. The standard InChI is InChI=1S/2C18H36N2O6.C16H18F8Si3.2K/c2*1-7-21-13-14-24-10-4-20-5-11-25-17-15-22-8-2-19(1)3-9-23-16-18-26-12-6-20;17-26(18,19,20)13-11-25(12-14-27(21,22,23)24,15-7-3-1-4-8-15)16-9-5-2-6-10-16;;/h2*1-18H2;1-10H,11-14H2;;/q;;-2;2*+1/p+2. The average molecular weight is 1280 g/mol. The van der Waals surface area contributed by atoms with Crippen molar-refractivity contribution in [2.75, 3.05) is 237 Å². The molecular formula is C52H92F8K2N4O12Si3+2. The molecule has 6 aliphatic heterocycles. The van der Waals surface area contributed by atoms with Gasteiger partial charge in [0.15, 0.2) is 0 Å². The molecular weight excluding hydrogens is 1190 g/mol. The average Bonchev–Trinajstić information content (AvgIpc) is 3.41. The van der Waals surface area contributed by atoms with Crippen LogP contribution in [0.1, 0.15) is 0 Å². The fourth-order valence-electron chi connectivity index (χ4n) is 9.00. The molecule has 0 spiro atoms. The minimum atomic E-state index is -8.18. The number of hydrogen-bond donors (Lipinski definition) is 2. The Bertz CT molecular complexity index is 1530. The molecule has 0 aromatic heterocycles. The third-order valence-corrected chi connectivity index (χ3v) is 21.8. The zero-order valence-corrected chi connectivity index (χ0v) is 57.6. The molecule has 460 valence electrons. The number of nitrogens with zero attached hydrogens (tertiary/aromatic N) is 2. The maximum Gasteiger partial charge on any atom is 1.00 e. The molecule has 0 saturated carbocycles. The van der Waals surface area contributed by atoms with Crippen LogP contribution in [0.25, 0.3) is 0 Å². The molecule has 0 atom stereocenters. The van der Waals surface area contributed by atoms with Gasteiger partial charge in [0.2, 0.25) is 0 Å². The second kappa shape index (κ2) is 45.4. The normalized spacial score (nSPS) is 24.9. The van der Waals surface area contributed by atoms with Crippen molar-refractivity contribution in [3.05, 3.63) is 60.7 Å². The van der Waals surface area contributed by atoms with E-state index in [4.69, 9.17) is 56.8 Å². The first-order valence-corrected chi connectivity index (χ1v) is 35.0. The van der Waals surface area contributed by atoms with Crippen LogP contribution in [0, 0.1) is 0 Å². The van der Waals surface area contributed by atoms with Crippen molar-refractivity contribution >= 4 is 35.8 Å². The van der Waals surface area contributed by atoms with Crippen LogP contribution >= 0.6 is 0 Å². The Balaban J connectivity index is 0.000000410. The topological polar surface area (TPSA) is 126 Å². The molecule has 4 bridgehead atoms. The van der Waals surface area contributed by atoms with Crippen LogP contribution in [-0.4, -0.2) is 272 Å². The molecule has 16 nitrogen and oxygen atoms in total. The predicted molar refractivity (Wildman–Crippen MR) is 291 cm³/mol. The number of rotatable bonds is 8. The molecule has 2 aromatic rings. The van der Waals surface area contributed by atoms with Crippen molar-refractivity contribution in [2.45, 2.75) is 24.2 Å². The fraction of sp³-hybridized carbons (Fsp3) is 0.769. The summed E-state index contributed by atoms with van der Waals surface area (Å²) >= 11 is 0. The quantitative estimate of drug-likeness (QED) is 0.154. The fourth-order valence-corrected chi connectivity index (χ4v) is 18.8. The summed E-state index contributed by atoms with van der Waals surface area (Å²) in [6.07, 6.45) is 0. The summed E-state index contributed by atoms with van der Waals surface area (Å²) in [5.41, 5.74) is 0. The Morgan fingerprint density at radius 2 is 0.506 bits per heavy atom. The molecule has 6 heterocycles. The monoisotopic (exact) mass is 1280 g/mol. The second-order valence-electron chi connectivity index (χ2n) is 19.8. The van der Waals surface area contributed by atoms with Crippen molar-refractivity contribution in [3.63, 3.8) is 0 Å². The smallest absolute Gasteiger partial charge is 1.00 e. The van der Waals surface area contributed by atoms with Crippen molar-refractivity contribution in [3.8, 4) is 0 Å². The zero-order valence-electron chi connectivity index (χ0n) is 48.4. The minimum absolute atomic E-state index is 0. The summed E-state index contributed by atoms with van der Waals surface area (Å²) in [7, 11) is -20.1. The molecule has 0 radical (unpaired) electrons. The van der Waals surface area contributed by atoms with Gasteiger partial charge in [0.25, 0.3) is 0 Å². The molecule has 0 aliphatic carbocycles. The van der Waals surface area contributed by atoms with Gasteiger partial charge >= 0.3 is 256 Å². The van der Waals surface area contributed by atoms with Crippen molar-refractivity contribution in [1.29, 1.82) is 0 Å². The minimum Gasteiger partial charge on any atom is 1.00 e. The second-order valence-corrected chi connectivity index (χ2v) is 28.9. The van der Waals surface area contributed by atoms with E-state index in [1.54, 1.807) is 12.1 Å². The Kier molecular flexibility index (Phi) is 43.9. The molecule has 0 amide bonds. The molecule has 2 N–H and O–H groups in total. The van der Waals surface area contributed by atoms with Gasteiger partial charge in [-0.1, -0.05) is 0 Å². The van der Waals surface area contributed by atoms with Crippen molar-refractivity contribution in [1.82, 2.24) is 9.80 Å². The van der Waals surface area contributed by atoms with E-state index in [9.17, 15) is 32.9 Å². The van der Waals surface area contributed by atoms with E-state index in [1.165, 1.54) is 58.3 Å². The van der Waals surface area contributed by atoms with E-state index in [-0.39, 0.29) is 103 Å². The first-order valence-electron chi connectivity index (χ1n) is 28.2. The van der Waals surface area contributed by atoms with Gasteiger partial charge in [0.05, 0.1) is 159 Å². The number of ether oxygens (including phenoxy) is 12. The number of fused-ring (bicyclic) bond motifs is 42. The number of nitrogens with one attached hydrogen (secondary N) is 2. The van der Waals surface area contributed by atoms with Gasteiger partial charge in [-0.3, -0.25) is 9.80 Å². The predicted octanol–water partition coefficient (Wildman–Crippen LogP) is -3.61. The van der Waals surface area contributed by atoms with E-state index in [2.05, 4.69) is 9.80 Å². The Morgan fingerprint density at radius 1 is 0.309 bits per heavy atom. The number of quaternary nitrogens is 2. The summed E-state index contributed by atoms with van der Waals surface area (Å²) in [5.74, 6) is 0. The van der Waals surface area contributed by atoms with E-state index >= 15 is 0 Å². The summed E-state index contributed by atoms with van der Waals surface area (Å²) in [5, 5.41) is 0.620. The maximum atomic E-state index is 13.1. The van der Waals surface area contributed by atoms with Crippen molar-refractivity contribution in [2.24, 2.45) is 0 Å². The molecule has 6 fully saturated rings. The number of halogens is 8. The van der Waals surface area contributed by atoms with E-state index < -0.39 is 49.6 Å². The van der Waals surface area contributed by atoms with Gasteiger partial charge in [0.1, 0.15) is 39.3 Å². The van der Waals surface area contributed by atoms with Gasteiger partial charge in [-0.2, -0.15) is 0 Å². The van der Waals surface area contributed by atoms with Crippen LogP contribution < -0.4 is 123 Å². The van der Waals surface area contributed by atoms with Crippen LogP contribution in [-0.2, 0) is 56.8 Å². The van der Waals surface area contributed by atoms with Crippen LogP contribution in [0.4, 0.5) is 32.9 Å². The van der Waals surface area contributed by atoms with Gasteiger partial charge < -0.3 is 66.6 Å². The number of hydrogen-bond acceptors (Lipinski definition) is 14. The van der Waals surface area contributed by atoms with E-state index in [0.717, 1.165) is 118 Å². The zero-order chi connectivity index (χ0) is 56.7. The van der Waals surface area contributed by atoms with E-state index in [0.29, 0.717) is 129 Å². The van der Waals surface area contributed by atoms with Gasteiger partial charge in [-0.15, -0.1) is 0 Å². The number of benzene rings is 2. The van der Waals surface area contributed by atoms with E-state index in [1.807, 2.05) is 0 Å². The molecule has 6 saturated heterocycles. The Hall–Kier alpha value is 1.16. The summed E-state index contributed by atoms with van der Waals surface area (Å²) in [6, 6.07) is 9.98. The SMILES string of the molecule is C1COCCN2CCOCCOCCN(CCO1)CCOCCOCC2.C1COCC[NH+]2CCOCCOCC[NH+](CCO1)CCOCCOCC2.F[Si-](F)(F)(F)CC[Si](CC[Si-](F)(F)(F)F)(c1ccccc1)c1ccccc1.[K+].[K+]. The Morgan fingerprint density at radius 3 is 0.704 bits per heavy atom. The molecule has 8 rings (SSSR count). The summed E-state index contributed by atoms with van der Waals surface area (Å²) in [4.78, 5) is 7.50. The van der Waals surface area contributed by atoms with Crippen molar-refractivity contribution < 1.29 is 202 Å². The molecule has 81 heavy (non-hydrogen) atoms. The van der Waals surface area contributed by atoms with Crippen LogP contribution in [0.15, 0.2) is 60.7 Å². The van der Waals surface area contributed by atoms with Crippen LogP contribution in [0.5, 0.6) is 0 Å². The summed E-state index contributed by atoms with van der Waals surface area (Å²) < 4.78 is 173. The van der Waals surface area contributed by atoms with Crippen LogP contribution in [0.2, 0.25) is 24.2 Å². The van der Waals surface area contributed by atoms with Gasteiger partial charge in [-0.05, 0) is 0 Å².